The van der Waals surface area contributed by atoms with Gasteiger partial charge in [-0.25, -0.2) is 4.98 Å². The summed E-state index contributed by atoms with van der Waals surface area (Å²) in [5.41, 5.74) is 0. The quantitative estimate of drug-likeness (QED) is 0.660. The van der Waals surface area contributed by atoms with Gasteiger partial charge in [0.15, 0.2) is 0 Å². The number of aromatic hydroxyl groups is 1. The van der Waals surface area contributed by atoms with E-state index in [4.69, 9.17) is 4.74 Å². The summed E-state index contributed by atoms with van der Waals surface area (Å²) in [6.45, 7) is 3.15. The van der Waals surface area contributed by atoms with Crippen LogP contribution in [0.3, 0.4) is 0 Å². The molecule has 102 valence electrons. The van der Waals surface area contributed by atoms with Gasteiger partial charge < -0.3 is 20.5 Å². The van der Waals surface area contributed by atoms with Crippen LogP contribution in [0, 0.1) is 0 Å². The summed E-state index contributed by atoms with van der Waals surface area (Å²) in [7, 11) is 1.69. The molecule has 1 heterocycles. The van der Waals surface area contributed by atoms with Crippen LogP contribution in [0.25, 0.3) is 10.8 Å². The van der Waals surface area contributed by atoms with Gasteiger partial charge in [0.25, 0.3) is 0 Å². The number of phenols is 1. The van der Waals surface area contributed by atoms with Crippen LogP contribution in [0.1, 0.15) is 0 Å². The van der Waals surface area contributed by atoms with Crippen molar-refractivity contribution in [3.05, 3.63) is 30.5 Å². The average Bonchev–Trinajstić information content (AvgIpc) is 2.43. The minimum absolute atomic E-state index is 0.252. The van der Waals surface area contributed by atoms with Crippen molar-refractivity contribution in [3.63, 3.8) is 0 Å². The summed E-state index contributed by atoms with van der Waals surface area (Å²) in [6.07, 6.45) is 1.76. The molecule has 5 nitrogen and oxygen atoms in total. The topological polar surface area (TPSA) is 66.4 Å². The summed E-state index contributed by atoms with van der Waals surface area (Å²) in [5, 5.41) is 18.0. The van der Waals surface area contributed by atoms with Crippen molar-refractivity contribution in [2.75, 3.05) is 38.7 Å². The third-order valence-corrected chi connectivity index (χ3v) is 2.83. The van der Waals surface area contributed by atoms with Crippen molar-refractivity contribution in [2.24, 2.45) is 0 Å². The monoisotopic (exact) mass is 261 g/mol. The van der Waals surface area contributed by atoms with Crippen molar-refractivity contribution in [2.45, 2.75) is 0 Å². The van der Waals surface area contributed by atoms with Crippen molar-refractivity contribution < 1.29 is 9.84 Å². The van der Waals surface area contributed by atoms with Gasteiger partial charge >= 0.3 is 0 Å². The van der Waals surface area contributed by atoms with Crippen LogP contribution >= 0.6 is 0 Å². The Morgan fingerprint density at radius 2 is 2.11 bits per heavy atom. The number of pyridine rings is 1. The van der Waals surface area contributed by atoms with Gasteiger partial charge in [-0.15, -0.1) is 0 Å². The first-order valence-electron chi connectivity index (χ1n) is 6.32. The Hall–Kier alpha value is -1.85. The molecule has 3 N–H and O–H groups in total. The number of ether oxygens (including phenoxy) is 1. The van der Waals surface area contributed by atoms with Crippen molar-refractivity contribution in [3.8, 4) is 5.75 Å². The molecule has 2 aromatic rings. The number of methoxy groups -OCH3 is 1. The largest absolute Gasteiger partial charge is 0.508 e. The van der Waals surface area contributed by atoms with Crippen molar-refractivity contribution in [1.29, 1.82) is 0 Å². The van der Waals surface area contributed by atoms with Gasteiger partial charge in [0.1, 0.15) is 11.6 Å². The van der Waals surface area contributed by atoms with Gasteiger partial charge in [0.2, 0.25) is 0 Å². The average molecular weight is 261 g/mol. The first-order chi connectivity index (χ1) is 9.31. The maximum absolute atomic E-state index is 9.54. The van der Waals surface area contributed by atoms with E-state index in [-0.39, 0.29) is 5.75 Å². The lowest BCUT2D eigenvalue weighted by atomic mass is 10.1. The molecule has 1 aromatic heterocycles. The van der Waals surface area contributed by atoms with E-state index >= 15 is 0 Å². The zero-order chi connectivity index (χ0) is 13.5. The van der Waals surface area contributed by atoms with Gasteiger partial charge in [-0.3, -0.25) is 0 Å². The lowest BCUT2D eigenvalue weighted by Crippen LogP contribution is -2.25. The van der Waals surface area contributed by atoms with Crippen LogP contribution in [0.15, 0.2) is 30.5 Å². The number of benzene rings is 1. The zero-order valence-corrected chi connectivity index (χ0v) is 11.0. The van der Waals surface area contributed by atoms with E-state index in [0.717, 1.165) is 36.2 Å². The Labute approximate surface area is 112 Å². The first-order valence-corrected chi connectivity index (χ1v) is 6.32. The van der Waals surface area contributed by atoms with Gasteiger partial charge in [0.05, 0.1) is 6.61 Å². The predicted molar refractivity (Wildman–Crippen MR) is 76.6 cm³/mol. The number of phenolic OH excluding ortho intramolecular Hbond substituents is 1. The van der Waals surface area contributed by atoms with E-state index in [0.29, 0.717) is 6.61 Å². The fraction of sp³-hybridized carbons (Fsp3) is 0.357. The van der Waals surface area contributed by atoms with Crippen LogP contribution < -0.4 is 10.6 Å². The zero-order valence-electron chi connectivity index (χ0n) is 11.0. The number of hydrogen-bond donors (Lipinski definition) is 3. The molecule has 2 rings (SSSR count). The van der Waals surface area contributed by atoms with Gasteiger partial charge in [-0.05, 0) is 23.6 Å². The molecule has 0 aliphatic rings. The van der Waals surface area contributed by atoms with Crippen LogP contribution in [0.5, 0.6) is 5.75 Å². The minimum Gasteiger partial charge on any atom is -0.508 e. The number of anilines is 1. The predicted octanol–water partition coefficient (Wildman–Crippen LogP) is 1.59. The van der Waals surface area contributed by atoms with Crippen LogP contribution in [-0.2, 0) is 4.74 Å². The normalized spacial score (nSPS) is 10.8. The fourth-order valence-electron chi connectivity index (χ4n) is 1.87. The van der Waals surface area contributed by atoms with Crippen LogP contribution in [-0.4, -0.2) is 43.4 Å². The Kier molecular flexibility index (Phi) is 4.94. The number of nitrogens with zero attached hydrogens (tertiary/aromatic N) is 1. The number of aromatic nitrogens is 1. The Bertz CT molecular complexity index is 531. The molecule has 0 amide bonds. The number of fused-ring (bicyclic) bond motifs is 1. The lowest BCUT2D eigenvalue weighted by molar-refractivity contribution is 0.200. The Morgan fingerprint density at radius 3 is 2.95 bits per heavy atom. The smallest absolute Gasteiger partial charge is 0.133 e. The summed E-state index contributed by atoms with van der Waals surface area (Å²) >= 11 is 0. The minimum atomic E-state index is 0.252. The number of nitrogens with one attached hydrogen (secondary N) is 2. The second kappa shape index (κ2) is 6.92. The maximum atomic E-state index is 9.54. The van der Waals surface area contributed by atoms with Crippen molar-refractivity contribution in [1.82, 2.24) is 10.3 Å². The molecule has 0 saturated carbocycles. The van der Waals surface area contributed by atoms with Crippen molar-refractivity contribution >= 4 is 16.6 Å². The van der Waals surface area contributed by atoms with E-state index in [2.05, 4.69) is 15.6 Å². The standard InChI is InChI=1S/C14H19N3O2/c1-19-9-8-15-6-7-17-14-13-10-12(18)3-2-11(13)4-5-16-14/h2-5,10,15,18H,6-9H2,1H3,(H,16,17). The molecule has 0 radical (unpaired) electrons. The van der Waals surface area contributed by atoms with Gasteiger partial charge in [-0.1, -0.05) is 6.07 Å². The molecule has 0 aliphatic carbocycles. The number of rotatable bonds is 7. The molecule has 0 unspecified atom stereocenters. The third kappa shape index (κ3) is 3.81. The molecule has 0 spiro atoms. The molecule has 0 atom stereocenters. The van der Waals surface area contributed by atoms with Crippen LogP contribution in [0.2, 0.25) is 0 Å². The summed E-state index contributed by atoms with van der Waals surface area (Å²) in [5.74, 6) is 1.05. The first kappa shape index (κ1) is 13.6. The molecular formula is C14H19N3O2. The highest BCUT2D eigenvalue weighted by molar-refractivity contribution is 5.92. The molecule has 0 fully saturated rings. The molecule has 0 bridgehead atoms. The van der Waals surface area contributed by atoms with Crippen LogP contribution in [0.4, 0.5) is 5.82 Å². The molecule has 19 heavy (non-hydrogen) atoms. The summed E-state index contributed by atoms with van der Waals surface area (Å²) < 4.78 is 4.95. The molecule has 5 heteroatoms. The lowest BCUT2D eigenvalue weighted by Gasteiger charge is -2.09. The Balaban J connectivity index is 1.95. The molecule has 1 aromatic carbocycles. The molecule has 0 saturated heterocycles. The summed E-state index contributed by atoms with van der Waals surface area (Å²) in [6, 6.07) is 7.21. The van der Waals surface area contributed by atoms with E-state index in [1.54, 1.807) is 25.4 Å². The molecule has 0 aliphatic heterocycles. The second-order valence-corrected chi connectivity index (χ2v) is 4.23. The van der Waals surface area contributed by atoms with Gasteiger partial charge in [0, 0.05) is 38.3 Å². The highest BCUT2D eigenvalue weighted by Crippen LogP contribution is 2.24. The molecular weight excluding hydrogens is 242 g/mol. The summed E-state index contributed by atoms with van der Waals surface area (Å²) in [4.78, 5) is 4.31. The third-order valence-electron chi connectivity index (χ3n) is 2.83. The van der Waals surface area contributed by atoms with E-state index in [1.165, 1.54) is 0 Å². The fourth-order valence-corrected chi connectivity index (χ4v) is 1.87. The number of hydrogen-bond acceptors (Lipinski definition) is 5. The van der Waals surface area contributed by atoms with E-state index in [9.17, 15) is 5.11 Å². The van der Waals surface area contributed by atoms with Gasteiger partial charge in [-0.2, -0.15) is 0 Å². The highest BCUT2D eigenvalue weighted by Gasteiger charge is 2.02. The Morgan fingerprint density at radius 1 is 1.21 bits per heavy atom. The second-order valence-electron chi connectivity index (χ2n) is 4.23. The van der Waals surface area contributed by atoms with E-state index in [1.807, 2.05) is 12.1 Å². The maximum Gasteiger partial charge on any atom is 0.133 e. The SMILES string of the molecule is COCCNCCNc1nccc2ccc(O)cc12. The highest BCUT2D eigenvalue weighted by atomic mass is 16.5. The van der Waals surface area contributed by atoms with E-state index < -0.39 is 0 Å².